The van der Waals surface area contributed by atoms with Gasteiger partial charge in [-0.2, -0.15) is 0 Å². The Labute approximate surface area is 115 Å². The second-order valence-corrected chi connectivity index (χ2v) is 4.18. The molecule has 20 heavy (non-hydrogen) atoms. The Balaban J connectivity index is 2.38. The van der Waals surface area contributed by atoms with E-state index in [-0.39, 0.29) is 24.6 Å². The fraction of sp³-hybridized carbons (Fsp3) is 0.143. The molecule has 1 aromatic carbocycles. The molecule has 0 bridgehead atoms. The number of aliphatic hydroxyl groups is 1. The molecule has 0 saturated carbocycles. The van der Waals surface area contributed by atoms with Crippen LogP contribution in [0.4, 0.5) is 11.4 Å². The maximum atomic E-state index is 12.4. The molecule has 1 heterocycles. The molecule has 0 aliphatic carbocycles. The molecule has 0 unspecified atom stereocenters. The third-order valence-electron chi connectivity index (χ3n) is 2.83. The summed E-state index contributed by atoms with van der Waals surface area (Å²) >= 11 is 0. The van der Waals surface area contributed by atoms with Crippen molar-refractivity contribution in [2.45, 2.75) is 0 Å². The average Bonchev–Trinajstić information content (AvgIpc) is 2.46. The second-order valence-electron chi connectivity index (χ2n) is 4.18. The fourth-order valence-corrected chi connectivity index (χ4v) is 1.86. The molecule has 104 valence electrons. The molecule has 1 amide bonds. The third-order valence-corrected chi connectivity index (χ3v) is 2.83. The number of carbonyl (C=O) groups excluding carboxylic acids is 1. The number of nitrogens with two attached hydrogens (primary N) is 1. The highest BCUT2D eigenvalue weighted by atomic mass is 16.3. The first-order valence-electron chi connectivity index (χ1n) is 6.09. The van der Waals surface area contributed by atoms with Crippen molar-refractivity contribution in [1.82, 2.24) is 4.98 Å². The molecule has 6 heteroatoms. The number of nitrogens with zero attached hydrogens (tertiary/aromatic N) is 1. The van der Waals surface area contributed by atoms with E-state index in [0.717, 1.165) is 0 Å². The van der Waals surface area contributed by atoms with Gasteiger partial charge in [0, 0.05) is 18.8 Å². The number of amides is 1. The van der Waals surface area contributed by atoms with Crippen molar-refractivity contribution in [2.24, 2.45) is 0 Å². The van der Waals surface area contributed by atoms with E-state index >= 15 is 0 Å². The second kappa shape index (κ2) is 6.03. The molecule has 0 aliphatic heterocycles. The van der Waals surface area contributed by atoms with Gasteiger partial charge in [0.25, 0.3) is 5.91 Å². The molecule has 0 atom stereocenters. The highest BCUT2D eigenvalue weighted by Gasteiger charge is 2.19. The van der Waals surface area contributed by atoms with E-state index in [9.17, 15) is 9.59 Å². The Kier molecular flexibility index (Phi) is 4.17. The van der Waals surface area contributed by atoms with Crippen LogP contribution < -0.4 is 16.2 Å². The van der Waals surface area contributed by atoms with Crippen LogP contribution in [0.25, 0.3) is 0 Å². The average molecular weight is 273 g/mol. The predicted octanol–water partition coefficient (Wildman–Crippen LogP) is 0.596. The largest absolute Gasteiger partial charge is 0.397 e. The summed E-state index contributed by atoms with van der Waals surface area (Å²) in [5.74, 6) is -0.340. The number of nitrogen functional groups attached to an aromatic ring is 1. The number of aromatic amines is 1. The van der Waals surface area contributed by atoms with Gasteiger partial charge in [-0.05, 0) is 18.2 Å². The lowest BCUT2D eigenvalue weighted by molar-refractivity contribution is 0.0980. The highest BCUT2D eigenvalue weighted by molar-refractivity contribution is 6.07. The van der Waals surface area contributed by atoms with Crippen molar-refractivity contribution in [2.75, 3.05) is 23.8 Å². The van der Waals surface area contributed by atoms with Crippen molar-refractivity contribution in [1.29, 1.82) is 0 Å². The van der Waals surface area contributed by atoms with Crippen LogP contribution >= 0.6 is 0 Å². The van der Waals surface area contributed by atoms with Crippen molar-refractivity contribution in [3.05, 3.63) is 58.5 Å². The van der Waals surface area contributed by atoms with Crippen molar-refractivity contribution >= 4 is 17.3 Å². The van der Waals surface area contributed by atoms with Crippen molar-refractivity contribution in [3.63, 3.8) is 0 Å². The summed E-state index contributed by atoms with van der Waals surface area (Å²) in [6, 6.07) is 9.62. The van der Waals surface area contributed by atoms with Crippen LogP contribution in [0.3, 0.4) is 0 Å². The molecule has 0 aliphatic rings. The van der Waals surface area contributed by atoms with Gasteiger partial charge in [0.15, 0.2) is 0 Å². The summed E-state index contributed by atoms with van der Waals surface area (Å²) in [4.78, 5) is 27.3. The minimum Gasteiger partial charge on any atom is -0.397 e. The molecule has 2 aromatic rings. The van der Waals surface area contributed by atoms with Crippen molar-refractivity contribution < 1.29 is 9.90 Å². The topological polar surface area (TPSA) is 99.4 Å². The quantitative estimate of drug-likeness (QED) is 0.710. The normalized spacial score (nSPS) is 10.2. The summed E-state index contributed by atoms with van der Waals surface area (Å²) in [5, 5.41) is 9.14. The first-order chi connectivity index (χ1) is 9.63. The zero-order valence-electron chi connectivity index (χ0n) is 10.7. The lowest BCUT2D eigenvalue weighted by atomic mass is 10.2. The molecule has 6 nitrogen and oxygen atoms in total. The molecular formula is C14H15N3O3. The first-order valence-corrected chi connectivity index (χ1v) is 6.09. The smallest absolute Gasteiger partial charge is 0.259 e. The maximum Gasteiger partial charge on any atom is 0.259 e. The summed E-state index contributed by atoms with van der Waals surface area (Å²) in [5.41, 5.74) is 6.87. The number of H-pyrrole nitrogens is 1. The molecule has 0 fully saturated rings. The summed E-state index contributed by atoms with van der Waals surface area (Å²) in [6.07, 6.45) is 1.34. The number of pyridine rings is 1. The minimum absolute atomic E-state index is 0.117. The van der Waals surface area contributed by atoms with Crippen LogP contribution in [0.15, 0.2) is 47.4 Å². The van der Waals surface area contributed by atoms with Gasteiger partial charge in [-0.1, -0.05) is 12.1 Å². The third kappa shape index (κ3) is 2.86. The van der Waals surface area contributed by atoms with E-state index in [1.54, 1.807) is 24.3 Å². The number of para-hydroxylation sites is 2. The number of hydrogen-bond acceptors (Lipinski definition) is 4. The Bertz CT molecular complexity index is 646. The zero-order chi connectivity index (χ0) is 14.5. The van der Waals surface area contributed by atoms with Gasteiger partial charge in [0.2, 0.25) is 5.56 Å². The summed E-state index contributed by atoms with van der Waals surface area (Å²) < 4.78 is 0. The van der Waals surface area contributed by atoms with Crippen LogP contribution in [-0.4, -0.2) is 29.1 Å². The monoisotopic (exact) mass is 273 g/mol. The van der Waals surface area contributed by atoms with Crippen LogP contribution in [0, 0.1) is 0 Å². The fourth-order valence-electron chi connectivity index (χ4n) is 1.86. The number of rotatable bonds is 4. The van der Waals surface area contributed by atoms with Crippen LogP contribution in [0.5, 0.6) is 0 Å². The molecule has 0 radical (unpaired) electrons. The van der Waals surface area contributed by atoms with Crippen molar-refractivity contribution in [3.8, 4) is 0 Å². The highest BCUT2D eigenvalue weighted by Crippen LogP contribution is 2.23. The Hall–Kier alpha value is -2.60. The predicted molar refractivity (Wildman–Crippen MR) is 76.7 cm³/mol. The van der Waals surface area contributed by atoms with E-state index in [1.165, 1.54) is 23.2 Å². The van der Waals surface area contributed by atoms with Crippen LogP contribution in [0.2, 0.25) is 0 Å². The lowest BCUT2D eigenvalue weighted by Crippen LogP contribution is -2.34. The van der Waals surface area contributed by atoms with Gasteiger partial charge in [0.1, 0.15) is 0 Å². The van der Waals surface area contributed by atoms with Crippen LogP contribution in [-0.2, 0) is 0 Å². The summed E-state index contributed by atoms with van der Waals surface area (Å²) in [6.45, 7) is -0.0738. The van der Waals surface area contributed by atoms with E-state index in [4.69, 9.17) is 10.8 Å². The molecule has 0 spiro atoms. The number of anilines is 2. The van der Waals surface area contributed by atoms with E-state index in [0.29, 0.717) is 16.9 Å². The van der Waals surface area contributed by atoms with Gasteiger partial charge in [-0.25, -0.2) is 0 Å². The molecule has 2 rings (SSSR count). The number of aromatic nitrogens is 1. The Morgan fingerprint density at radius 1 is 1.25 bits per heavy atom. The number of nitrogens with one attached hydrogen (secondary N) is 1. The van der Waals surface area contributed by atoms with E-state index in [2.05, 4.69) is 4.98 Å². The standard InChI is InChI=1S/C14H15N3O3/c15-11-3-1-2-4-12(11)17(7-8-18)14(20)10-5-6-13(19)16-9-10/h1-6,9,18H,7-8,15H2,(H,16,19). The van der Waals surface area contributed by atoms with Gasteiger partial charge >= 0.3 is 0 Å². The SMILES string of the molecule is Nc1ccccc1N(CCO)C(=O)c1ccc(=O)[nH]c1. The summed E-state index contributed by atoms with van der Waals surface area (Å²) in [7, 11) is 0. The number of aliphatic hydroxyl groups excluding tert-OH is 1. The van der Waals surface area contributed by atoms with E-state index < -0.39 is 0 Å². The van der Waals surface area contributed by atoms with Gasteiger partial charge in [-0.15, -0.1) is 0 Å². The lowest BCUT2D eigenvalue weighted by Gasteiger charge is -2.23. The first kappa shape index (κ1) is 13.8. The Morgan fingerprint density at radius 3 is 2.60 bits per heavy atom. The molecular weight excluding hydrogens is 258 g/mol. The van der Waals surface area contributed by atoms with Gasteiger partial charge < -0.3 is 20.7 Å². The number of benzene rings is 1. The molecule has 0 saturated heterocycles. The minimum atomic E-state index is -0.340. The molecule has 1 aromatic heterocycles. The maximum absolute atomic E-state index is 12.4. The van der Waals surface area contributed by atoms with Crippen LogP contribution in [0.1, 0.15) is 10.4 Å². The molecule has 4 N–H and O–H groups in total. The van der Waals surface area contributed by atoms with Gasteiger partial charge in [-0.3, -0.25) is 9.59 Å². The number of hydrogen-bond donors (Lipinski definition) is 3. The Morgan fingerprint density at radius 2 is 2.00 bits per heavy atom. The van der Waals surface area contributed by atoms with Gasteiger partial charge in [0.05, 0.1) is 23.5 Å². The van der Waals surface area contributed by atoms with E-state index in [1.807, 2.05) is 0 Å². The zero-order valence-corrected chi connectivity index (χ0v) is 10.7. The number of carbonyl (C=O) groups is 1.